The molecule has 0 amide bonds. The number of hydrogen-bond acceptors (Lipinski definition) is 2. The van der Waals surface area contributed by atoms with Crippen LogP contribution in [0.5, 0.6) is 11.5 Å². The van der Waals surface area contributed by atoms with Crippen molar-refractivity contribution in [3.8, 4) is 11.5 Å². The average molecular weight is 483 g/mol. The van der Waals surface area contributed by atoms with Crippen LogP contribution in [0.15, 0.2) is 42.5 Å². The Morgan fingerprint density at radius 1 is 0.636 bits per heavy atom. The summed E-state index contributed by atoms with van der Waals surface area (Å²) in [6.07, 6.45) is 0. The maximum absolute atomic E-state index is 12.4. The topological polar surface area (TPSA) is 46.1 Å². The van der Waals surface area contributed by atoms with E-state index in [2.05, 4.69) is 76.2 Å². The first-order chi connectivity index (χ1) is 15.3. The molecule has 0 aliphatic carbocycles. The van der Waals surface area contributed by atoms with Crippen molar-refractivity contribution in [3.05, 3.63) is 59.2 Å². The van der Waals surface area contributed by atoms with E-state index in [1.807, 2.05) is 18.2 Å². The number of para-hydroxylation sites is 1. The Morgan fingerprint density at radius 3 is 1.15 bits per heavy atom. The Morgan fingerprint density at radius 2 is 0.970 bits per heavy atom. The fourth-order valence-corrected chi connectivity index (χ4v) is 4.04. The molecule has 0 N–H and O–H groups in total. The van der Waals surface area contributed by atoms with Crippen molar-refractivity contribution in [3.63, 3.8) is 0 Å². The van der Waals surface area contributed by atoms with Gasteiger partial charge in [0.15, 0.2) is 0 Å². The van der Waals surface area contributed by atoms with E-state index >= 15 is 0 Å². The van der Waals surface area contributed by atoms with Crippen LogP contribution in [0.3, 0.4) is 0 Å². The smallest absolute Gasteiger partial charge is 0.0138 e. The molecule has 0 spiro atoms. The minimum absolute atomic E-state index is 0.0718. The SMILES string of the molecule is C[CH2][Al+][CH2]C.C[CH2][Al+][CH2]C.Cc1cc(C(C)(C)C)c([O-])c(C(C)(C)C)c1.[O-]c1ccccc1. The molecule has 0 heterocycles. The van der Waals surface area contributed by atoms with Gasteiger partial charge < -0.3 is 10.2 Å². The zero-order valence-electron chi connectivity index (χ0n) is 23.3. The summed E-state index contributed by atoms with van der Waals surface area (Å²) in [6, 6.07) is 12.4. The predicted molar refractivity (Wildman–Crippen MR) is 147 cm³/mol. The molecule has 4 heteroatoms. The first-order valence-corrected chi connectivity index (χ1v) is 15.7. The quantitative estimate of drug-likeness (QED) is 0.422. The van der Waals surface area contributed by atoms with Crippen LogP contribution in [0.25, 0.3) is 0 Å². The second kappa shape index (κ2) is 18.4. The average Bonchev–Trinajstić information content (AvgIpc) is 2.71. The van der Waals surface area contributed by atoms with E-state index in [0.717, 1.165) is 41.6 Å². The van der Waals surface area contributed by atoms with E-state index in [1.165, 1.54) is 38.8 Å². The molecule has 2 nitrogen and oxygen atoms in total. The normalized spacial score (nSPS) is 10.2. The summed E-state index contributed by atoms with van der Waals surface area (Å²) in [5.41, 5.74) is 2.87. The van der Waals surface area contributed by atoms with Crippen LogP contribution in [0.2, 0.25) is 21.1 Å². The molecule has 0 saturated heterocycles. The summed E-state index contributed by atoms with van der Waals surface area (Å²) in [5.74, 6) is 0.285. The molecule has 0 aliphatic rings. The summed E-state index contributed by atoms with van der Waals surface area (Å²) in [7, 11) is 0. The minimum atomic E-state index is -0.0803. The molecule has 33 heavy (non-hydrogen) atoms. The molecule has 0 bridgehead atoms. The molecule has 182 valence electrons. The van der Waals surface area contributed by atoms with Crippen LogP contribution in [0.4, 0.5) is 0 Å². The number of hydrogen-bond donors (Lipinski definition) is 0. The van der Waals surface area contributed by atoms with Crippen LogP contribution in [0.1, 0.15) is 85.9 Å². The molecule has 0 radical (unpaired) electrons. The van der Waals surface area contributed by atoms with Gasteiger partial charge in [-0.25, -0.2) is 0 Å². The van der Waals surface area contributed by atoms with Crippen molar-refractivity contribution < 1.29 is 10.2 Å². The Hall–Kier alpha value is -0.895. The van der Waals surface area contributed by atoms with E-state index in [1.54, 1.807) is 12.1 Å². The molecule has 0 unspecified atom stereocenters. The van der Waals surface area contributed by atoms with Crippen LogP contribution in [0, 0.1) is 6.92 Å². The first kappa shape index (κ1) is 34.3. The van der Waals surface area contributed by atoms with Gasteiger partial charge in [-0.1, -0.05) is 89.6 Å². The summed E-state index contributed by atoms with van der Waals surface area (Å²) >= 11 is 1.63. The van der Waals surface area contributed by atoms with E-state index in [4.69, 9.17) is 0 Å². The number of aryl methyl sites for hydroxylation is 1. The zero-order chi connectivity index (χ0) is 26.1. The Kier molecular flexibility index (Phi) is 19.1. The van der Waals surface area contributed by atoms with Crippen molar-refractivity contribution in [2.45, 2.75) is 108 Å². The summed E-state index contributed by atoms with van der Waals surface area (Å²) in [6.45, 7) is 23.6. The van der Waals surface area contributed by atoms with Crippen molar-refractivity contribution in [1.82, 2.24) is 0 Å². The van der Waals surface area contributed by atoms with Gasteiger partial charge >= 0.3 is 79.3 Å². The van der Waals surface area contributed by atoms with Gasteiger partial charge in [-0.05, 0) is 28.9 Å². The summed E-state index contributed by atoms with van der Waals surface area (Å²) in [4.78, 5) is 0. The van der Waals surface area contributed by atoms with Crippen molar-refractivity contribution in [2.75, 3.05) is 0 Å². The Labute approximate surface area is 218 Å². The van der Waals surface area contributed by atoms with Gasteiger partial charge in [0.2, 0.25) is 0 Å². The fraction of sp³-hybridized carbons (Fsp3) is 0.586. The van der Waals surface area contributed by atoms with Crippen molar-refractivity contribution in [2.24, 2.45) is 0 Å². The van der Waals surface area contributed by atoms with Gasteiger partial charge in [-0.3, -0.25) is 0 Å². The van der Waals surface area contributed by atoms with E-state index in [0.29, 0.717) is 0 Å². The Bertz CT molecular complexity index is 685. The third-order valence-corrected chi connectivity index (χ3v) is 7.06. The predicted octanol–water partition coefficient (Wildman–Crippen LogP) is 7.56. The van der Waals surface area contributed by atoms with Crippen LogP contribution >= 0.6 is 0 Å². The molecule has 2 aromatic rings. The Balaban J connectivity index is 0. The number of benzene rings is 2. The molecular formula is C29H48Al2O2. The molecule has 0 atom stereocenters. The molecule has 2 aromatic carbocycles. The second-order valence-corrected chi connectivity index (χ2v) is 14.6. The standard InChI is InChI=1S/C15H24O.C6H6O.4C2H5.2Al/c1-10-8-11(14(2,3)4)13(16)12(9-10)15(5,6)7;7-6-4-2-1-3-5-6;4*1-2;;/h8-9,16H,1-7H3;1-5,7H;4*1H2,2H3;;/q;;;;;;2*+1/p-2. The fourth-order valence-electron chi connectivity index (χ4n) is 2.89. The van der Waals surface area contributed by atoms with Crippen molar-refractivity contribution >= 4 is 30.4 Å². The maximum Gasteiger partial charge on any atom is -0.0138 e. The van der Waals surface area contributed by atoms with Gasteiger partial charge in [0, 0.05) is 0 Å². The van der Waals surface area contributed by atoms with Gasteiger partial charge in [-0.2, -0.15) is 0 Å². The molecule has 0 fully saturated rings. The molecule has 0 aromatic heterocycles. The molecule has 0 aliphatic heterocycles. The first-order valence-electron chi connectivity index (χ1n) is 12.4. The van der Waals surface area contributed by atoms with Gasteiger partial charge in [0.05, 0.1) is 0 Å². The van der Waals surface area contributed by atoms with E-state index < -0.39 is 0 Å². The molecule has 0 saturated carbocycles. The third-order valence-electron chi connectivity index (χ3n) is 4.75. The van der Waals surface area contributed by atoms with E-state index in [9.17, 15) is 10.2 Å². The van der Waals surface area contributed by atoms with Gasteiger partial charge in [-0.15, -0.1) is 11.5 Å². The van der Waals surface area contributed by atoms with E-state index in [-0.39, 0.29) is 22.3 Å². The van der Waals surface area contributed by atoms with Crippen LogP contribution in [-0.4, -0.2) is 30.4 Å². The van der Waals surface area contributed by atoms with Crippen LogP contribution in [-0.2, 0) is 10.8 Å². The van der Waals surface area contributed by atoms with Gasteiger partial charge in [0.1, 0.15) is 0 Å². The number of rotatable bonds is 4. The monoisotopic (exact) mass is 482 g/mol. The summed E-state index contributed by atoms with van der Waals surface area (Å²) < 4.78 is 0. The second-order valence-electron chi connectivity index (χ2n) is 10.2. The summed E-state index contributed by atoms with van der Waals surface area (Å²) in [5, 5.41) is 28.4. The largest absolute Gasteiger partial charge is 0.872 e. The zero-order valence-corrected chi connectivity index (χ0v) is 25.7. The minimum Gasteiger partial charge on any atom is -0.872 e. The molecule has 2 rings (SSSR count). The van der Waals surface area contributed by atoms with Crippen LogP contribution < -0.4 is 10.2 Å². The molecular weight excluding hydrogens is 434 g/mol. The van der Waals surface area contributed by atoms with Gasteiger partial charge in [0.25, 0.3) is 0 Å². The third kappa shape index (κ3) is 17.2. The van der Waals surface area contributed by atoms with Crippen molar-refractivity contribution in [1.29, 1.82) is 0 Å². The maximum atomic E-state index is 12.4.